The van der Waals surface area contributed by atoms with Crippen LogP contribution in [0, 0.1) is 63.6 Å². The van der Waals surface area contributed by atoms with Crippen LogP contribution in [-0.2, 0) is 47.6 Å². The van der Waals surface area contributed by atoms with Crippen molar-refractivity contribution in [2.45, 2.75) is 116 Å². The first-order valence-electron chi connectivity index (χ1n) is 16.7. The number of esters is 3. The van der Waals surface area contributed by atoms with Crippen molar-refractivity contribution in [2.75, 3.05) is 7.11 Å². The molecule has 0 bridgehead atoms. The summed E-state index contributed by atoms with van der Waals surface area (Å²) >= 11 is 0. The summed E-state index contributed by atoms with van der Waals surface area (Å²) in [5.41, 5.74) is -5.19. The zero-order valence-corrected chi connectivity index (χ0v) is 27.8. The summed E-state index contributed by atoms with van der Waals surface area (Å²) in [5, 5.41) is 24.6. The van der Waals surface area contributed by atoms with Crippen molar-refractivity contribution in [1.29, 1.82) is 0 Å². The van der Waals surface area contributed by atoms with Crippen LogP contribution in [0.1, 0.15) is 61.8 Å². The highest BCUT2D eigenvalue weighted by atomic mass is 16.8. The smallest absolute Gasteiger partial charge is 0.341 e. The number of epoxide rings is 2. The average Bonchev–Trinajstić information content (AvgIpc) is 3.86. The summed E-state index contributed by atoms with van der Waals surface area (Å²) < 4.78 is 36.5. The van der Waals surface area contributed by atoms with E-state index >= 15 is 0 Å². The van der Waals surface area contributed by atoms with E-state index in [0.29, 0.717) is 6.42 Å². The predicted molar refractivity (Wildman–Crippen MR) is 154 cm³/mol. The maximum Gasteiger partial charge on any atom is 0.341 e. The summed E-state index contributed by atoms with van der Waals surface area (Å²) in [7, 11) is 1.51. The number of ketones is 1. The number of hydrogen-bond acceptors (Lipinski definition) is 12. The molecule has 12 heteroatoms. The molecule has 3 heterocycles. The van der Waals surface area contributed by atoms with Crippen molar-refractivity contribution < 1.29 is 57.8 Å². The highest BCUT2D eigenvalue weighted by molar-refractivity contribution is 5.89. The fraction of sp³-hybridized carbons (Fsp3) is 0.882. The summed E-state index contributed by atoms with van der Waals surface area (Å²) in [6, 6.07) is 0. The maximum atomic E-state index is 14.9. The first kappa shape index (κ1) is 31.2. The third kappa shape index (κ3) is 3.12. The van der Waals surface area contributed by atoms with Gasteiger partial charge in [0.25, 0.3) is 0 Å². The lowest BCUT2D eigenvalue weighted by atomic mass is 9.39. The van der Waals surface area contributed by atoms with E-state index in [1.165, 1.54) is 27.9 Å². The molecule has 3 saturated heterocycles. The number of carbonyl (C=O) groups excluding carboxylic acids is 4. The monoisotopic (exact) mass is 646 g/mol. The Bertz CT molecular complexity index is 1440. The molecule has 8 aliphatic rings. The Morgan fingerprint density at radius 1 is 0.891 bits per heavy atom. The number of Topliss-reactive ketones (excluding diaryl/α,β-unsaturated/α-hetero) is 1. The maximum absolute atomic E-state index is 14.9. The zero-order chi connectivity index (χ0) is 33.4. The molecule has 1 spiro atoms. The van der Waals surface area contributed by atoms with Crippen LogP contribution in [0.15, 0.2) is 0 Å². The van der Waals surface area contributed by atoms with Gasteiger partial charge in [0, 0.05) is 55.5 Å². The van der Waals surface area contributed by atoms with E-state index < -0.39 is 112 Å². The topological polar surface area (TPSA) is 171 Å². The SMILES string of the molecule is COC1C(=O)[C@H]2[C@@H]3[C@@H](O)[C@@H]4[C@H]([C@H](C)[C@H]5O[C@]56OC(=O)[C@@](C)(O)[C@]46C)[C@@]3(C)[C@@H](OC(C)=O)[C@@H](C)[C@@H]2[C@]2(C)[C@@H]1C[C@@H]1O[C@@H]1[C@@H]2OC(C)=O. The number of ether oxygens (including phenoxy) is 6. The van der Waals surface area contributed by atoms with E-state index in [9.17, 15) is 29.4 Å². The summed E-state index contributed by atoms with van der Waals surface area (Å²) in [6.45, 7) is 13.9. The lowest BCUT2D eigenvalue weighted by Crippen LogP contribution is -2.72. The lowest BCUT2D eigenvalue weighted by Gasteiger charge is -2.65. The minimum Gasteiger partial charge on any atom is -0.462 e. The normalized spacial score (nSPS) is 61.8. The molecular weight excluding hydrogens is 600 g/mol. The third-order valence-electron chi connectivity index (χ3n) is 15.0. The molecule has 8 fully saturated rings. The van der Waals surface area contributed by atoms with Gasteiger partial charge >= 0.3 is 17.9 Å². The Hall–Kier alpha value is -2.12. The van der Waals surface area contributed by atoms with Crippen LogP contribution in [0.5, 0.6) is 0 Å². The quantitative estimate of drug-likeness (QED) is 0.257. The van der Waals surface area contributed by atoms with E-state index in [2.05, 4.69) is 0 Å². The van der Waals surface area contributed by atoms with Gasteiger partial charge in [-0.15, -0.1) is 0 Å². The van der Waals surface area contributed by atoms with E-state index in [0.717, 1.165) is 0 Å². The molecule has 46 heavy (non-hydrogen) atoms. The van der Waals surface area contributed by atoms with Gasteiger partial charge in [-0.05, 0) is 43.9 Å². The van der Waals surface area contributed by atoms with Gasteiger partial charge in [-0.1, -0.05) is 27.7 Å². The largest absolute Gasteiger partial charge is 0.462 e. The number of fused-ring (bicyclic) bond motifs is 9. The van der Waals surface area contributed by atoms with Crippen molar-refractivity contribution in [3.8, 4) is 0 Å². The summed E-state index contributed by atoms with van der Waals surface area (Å²) in [6.07, 6.45) is -4.00. The molecular formula is C34H46O12. The lowest BCUT2D eigenvalue weighted by molar-refractivity contribution is -0.248. The van der Waals surface area contributed by atoms with E-state index in [-0.39, 0.29) is 29.8 Å². The van der Waals surface area contributed by atoms with Crippen LogP contribution in [0.4, 0.5) is 0 Å². The van der Waals surface area contributed by atoms with E-state index in [4.69, 9.17) is 28.4 Å². The fourth-order valence-corrected chi connectivity index (χ4v) is 13.4. The molecule has 1 unspecified atom stereocenters. The first-order chi connectivity index (χ1) is 21.4. The van der Waals surface area contributed by atoms with Gasteiger partial charge in [-0.3, -0.25) is 14.4 Å². The number of methoxy groups -OCH3 is 1. The Labute approximate surface area is 268 Å². The van der Waals surface area contributed by atoms with Gasteiger partial charge in [-0.2, -0.15) is 0 Å². The van der Waals surface area contributed by atoms with Crippen molar-refractivity contribution in [3.63, 3.8) is 0 Å². The molecule has 0 aromatic rings. The van der Waals surface area contributed by atoms with Gasteiger partial charge in [0.1, 0.15) is 30.5 Å². The second kappa shape index (κ2) is 8.91. The summed E-state index contributed by atoms with van der Waals surface area (Å²) in [5.74, 6) is -7.59. The molecule has 5 saturated carbocycles. The molecule has 5 aliphatic carbocycles. The van der Waals surface area contributed by atoms with Crippen molar-refractivity contribution >= 4 is 23.7 Å². The van der Waals surface area contributed by atoms with Crippen molar-refractivity contribution in [2.24, 2.45) is 63.6 Å². The highest BCUT2D eigenvalue weighted by Crippen LogP contribution is 2.81. The van der Waals surface area contributed by atoms with Gasteiger partial charge in [0.2, 0.25) is 5.79 Å². The summed E-state index contributed by atoms with van der Waals surface area (Å²) in [4.78, 5) is 53.7. The Kier molecular flexibility index (Phi) is 6.04. The van der Waals surface area contributed by atoms with Crippen LogP contribution in [-0.4, -0.2) is 95.1 Å². The van der Waals surface area contributed by atoms with Crippen LogP contribution >= 0.6 is 0 Å². The first-order valence-corrected chi connectivity index (χ1v) is 16.7. The molecule has 0 radical (unpaired) electrons. The van der Waals surface area contributed by atoms with E-state index in [1.54, 1.807) is 6.92 Å². The molecule has 0 amide bonds. The van der Waals surface area contributed by atoms with Crippen LogP contribution in [0.25, 0.3) is 0 Å². The minimum absolute atomic E-state index is 0.142. The fourth-order valence-electron chi connectivity index (χ4n) is 13.4. The molecule has 0 aromatic carbocycles. The van der Waals surface area contributed by atoms with Crippen molar-refractivity contribution in [3.05, 3.63) is 0 Å². The molecule has 3 aliphatic heterocycles. The number of rotatable bonds is 3. The molecule has 20 atom stereocenters. The van der Waals surface area contributed by atoms with Crippen LogP contribution < -0.4 is 0 Å². The number of carbonyl (C=O) groups is 4. The molecule has 12 nitrogen and oxygen atoms in total. The van der Waals surface area contributed by atoms with Gasteiger partial charge in [0.05, 0.1) is 17.6 Å². The number of hydrogen-bond donors (Lipinski definition) is 2. The zero-order valence-electron chi connectivity index (χ0n) is 27.8. The standard InChI is InChI=1S/C34H46O12/c1-11-18-17(22(37)24(41-9)15-10-16-25(44-16)28(30(15,18)5)43-14(4)36)20-23(38)21-19(31(20,6)26(11)42-13(3)35)12(2)27-34(45-27)32(21,7)33(8,40)29(39)46-34/h11-12,15-21,23-28,38,40H,10H2,1-9H3/t11-,12-,15+,16-,17+,18-,19-,20+,21-,23+,24?,25-,26-,27+,28-,30-,31+,32-,33+,34-/m0/s1. The average molecular weight is 647 g/mol. The Morgan fingerprint density at radius 2 is 1.52 bits per heavy atom. The van der Waals surface area contributed by atoms with Gasteiger partial charge in [0.15, 0.2) is 11.4 Å². The molecule has 8 rings (SSSR count). The van der Waals surface area contributed by atoms with Crippen LogP contribution in [0.3, 0.4) is 0 Å². The Morgan fingerprint density at radius 3 is 2.13 bits per heavy atom. The second-order valence-electron chi connectivity index (χ2n) is 16.5. The Balaban J connectivity index is 1.35. The molecule has 2 N–H and O–H groups in total. The van der Waals surface area contributed by atoms with E-state index in [1.807, 2.05) is 27.7 Å². The van der Waals surface area contributed by atoms with Crippen LogP contribution in [0.2, 0.25) is 0 Å². The molecule has 0 aromatic heterocycles. The van der Waals surface area contributed by atoms with Gasteiger partial charge in [-0.25, -0.2) is 4.79 Å². The predicted octanol–water partition coefficient (Wildman–Crippen LogP) is 1.41. The third-order valence-corrected chi connectivity index (χ3v) is 15.0. The molecule has 254 valence electrons. The second-order valence-corrected chi connectivity index (χ2v) is 16.5. The number of aliphatic hydroxyl groups is 2. The minimum atomic E-state index is -2.00. The number of aliphatic hydroxyl groups excluding tert-OH is 1. The highest BCUT2D eigenvalue weighted by Gasteiger charge is 2.92. The van der Waals surface area contributed by atoms with Gasteiger partial charge < -0.3 is 38.6 Å². The van der Waals surface area contributed by atoms with Crippen molar-refractivity contribution in [1.82, 2.24) is 0 Å².